The third-order valence-electron chi connectivity index (χ3n) is 3.09. The molecule has 0 aromatic heterocycles. The Morgan fingerprint density at radius 3 is 2.69 bits per heavy atom. The largest absolute Gasteiger partial charge is 0.379 e. The van der Waals surface area contributed by atoms with Gasteiger partial charge in [0.2, 0.25) is 0 Å². The van der Waals surface area contributed by atoms with E-state index in [1.165, 1.54) is 6.42 Å². The molecule has 16 heavy (non-hydrogen) atoms. The van der Waals surface area contributed by atoms with Crippen molar-refractivity contribution in [3.05, 3.63) is 0 Å². The summed E-state index contributed by atoms with van der Waals surface area (Å²) in [6.45, 7) is 4.37. The highest BCUT2D eigenvalue weighted by Gasteiger charge is 2.41. The molecular formula is C12H25NO3. The summed E-state index contributed by atoms with van der Waals surface area (Å²) >= 11 is 0. The fourth-order valence-corrected chi connectivity index (χ4v) is 1.95. The minimum Gasteiger partial charge on any atom is -0.379 e. The first-order chi connectivity index (χ1) is 7.83. The zero-order valence-electron chi connectivity index (χ0n) is 10.7. The van der Waals surface area contributed by atoms with Gasteiger partial charge in [0.15, 0.2) is 0 Å². The standard InChI is InChI=1S/C12H25NO3/c1-4-5-6-15-7-8-16-11-9-10(13-2)12(11)14-3/h10-13H,4-9H2,1-3H3. The van der Waals surface area contributed by atoms with Crippen LogP contribution >= 0.6 is 0 Å². The van der Waals surface area contributed by atoms with Crippen LogP contribution in [0.2, 0.25) is 0 Å². The molecular weight excluding hydrogens is 206 g/mol. The third kappa shape index (κ3) is 4.01. The van der Waals surface area contributed by atoms with Crippen molar-refractivity contribution in [3.8, 4) is 0 Å². The third-order valence-corrected chi connectivity index (χ3v) is 3.09. The topological polar surface area (TPSA) is 39.7 Å². The molecule has 3 unspecified atom stereocenters. The van der Waals surface area contributed by atoms with Crippen LogP contribution in [-0.2, 0) is 14.2 Å². The minimum atomic E-state index is 0.195. The van der Waals surface area contributed by atoms with Gasteiger partial charge in [-0.15, -0.1) is 0 Å². The molecule has 0 aromatic carbocycles. The lowest BCUT2D eigenvalue weighted by Crippen LogP contribution is -2.59. The Bertz CT molecular complexity index is 178. The Hall–Kier alpha value is -0.160. The smallest absolute Gasteiger partial charge is 0.0986 e. The fourth-order valence-electron chi connectivity index (χ4n) is 1.95. The average Bonchev–Trinajstić information content (AvgIpc) is 2.27. The van der Waals surface area contributed by atoms with E-state index in [9.17, 15) is 0 Å². The fraction of sp³-hybridized carbons (Fsp3) is 1.00. The summed E-state index contributed by atoms with van der Waals surface area (Å²) in [7, 11) is 3.70. The van der Waals surface area contributed by atoms with Crippen molar-refractivity contribution in [3.63, 3.8) is 0 Å². The molecule has 0 aromatic rings. The summed E-state index contributed by atoms with van der Waals surface area (Å²) in [5, 5.41) is 3.21. The number of hydrogen-bond acceptors (Lipinski definition) is 4. The van der Waals surface area contributed by atoms with Crippen molar-refractivity contribution in [1.29, 1.82) is 0 Å². The highest BCUT2D eigenvalue weighted by Crippen LogP contribution is 2.26. The second-order valence-corrected chi connectivity index (χ2v) is 4.21. The van der Waals surface area contributed by atoms with Gasteiger partial charge in [-0.05, 0) is 19.9 Å². The maximum absolute atomic E-state index is 5.70. The van der Waals surface area contributed by atoms with E-state index in [2.05, 4.69) is 12.2 Å². The summed E-state index contributed by atoms with van der Waals surface area (Å²) in [6.07, 6.45) is 3.77. The van der Waals surface area contributed by atoms with Gasteiger partial charge in [0.05, 0.1) is 25.4 Å². The Labute approximate surface area is 98.6 Å². The van der Waals surface area contributed by atoms with Crippen molar-refractivity contribution in [2.75, 3.05) is 34.0 Å². The molecule has 1 saturated carbocycles. The molecule has 1 rings (SSSR count). The quantitative estimate of drug-likeness (QED) is 0.605. The highest BCUT2D eigenvalue weighted by atomic mass is 16.6. The predicted octanol–water partition coefficient (Wildman–Crippen LogP) is 1.19. The lowest BCUT2D eigenvalue weighted by atomic mass is 9.85. The summed E-state index contributed by atoms with van der Waals surface area (Å²) < 4.78 is 16.5. The summed E-state index contributed by atoms with van der Waals surface area (Å²) in [5.74, 6) is 0. The number of likely N-dealkylation sites (N-methyl/N-ethyl adjacent to an activating group) is 1. The van der Waals surface area contributed by atoms with E-state index in [0.29, 0.717) is 19.3 Å². The van der Waals surface area contributed by atoms with E-state index in [1.54, 1.807) is 7.11 Å². The van der Waals surface area contributed by atoms with Crippen LogP contribution in [0.5, 0.6) is 0 Å². The molecule has 96 valence electrons. The molecule has 0 spiro atoms. The van der Waals surface area contributed by atoms with E-state index < -0.39 is 0 Å². The number of nitrogens with one attached hydrogen (secondary N) is 1. The van der Waals surface area contributed by atoms with Crippen LogP contribution in [-0.4, -0.2) is 52.2 Å². The number of unbranched alkanes of at least 4 members (excludes halogenated alkanes) is 1. The van der Waals surface area contributed by atoms with Crippen LogP contribution in [0.4, 0.5) is 0 Å². The molecule has 0 bridgehead atoms. The molecule has 0 aliphatic heterocycles. The lowest BCUT2D eigenvalue weighted by Gasteiger charge is -2.43. The summed E-state index contributed by atoms with van der Waals surface area (Å²) in [4.78, 5) is 0. The van der Waals surface area contributed by atoms with Crippen LogP contribution in [0, 0.1) is 0 Å². The Kier molecular flexibility index (Phi) is 6.96. The SMILES string of the molecule is CCCCOCCOC1CC(NC)C1OC. The first-order valence-electron chi connectivity index (χ1n) is 6.22. The van der Waals surface area contributed by atoms with Gasteiger partial charge in [0, 0.05) is 19.8 Å². The Balaban J connectivity index is 1.97. The van der Waals surface area contributed by atoms with E-state index in [4.69, 9.17) is 14.2 Å². The van der Waals surface area contributed by atoms with E-state index in [-0.39, 0.29) is 12.2 Å². The number of hydrogen-bond donors (Lipinski definition) is 1. The van der Waals surface area contributed by atoms with Gasteiger partial charge in [0.1, 0.15) is 0 Å². The summed E-state index contributed by atoms with van der Waals surface area (Å²) in [6, 6.07) is 0.441. The van der Waals surface area contributed by atoms with Gasteiger partial charge in [-0.25, -0.2) is 0 Å². The van der Waals surface area contributed by atoms with Gasteiger partial charge < -0.3 is 19.5 Å². The second-order valence-electron chi connectivity index (χ2n) is 4.21. The molecule has 3 atom stereocenters. The average molecular weight is 231 g/mol. The van der Waals surface area contributed by atoms with Gasteiger partial charge >= 0.3 is 0 Å². The molecule has 1 fully saturated rings. The van der Waals surface area contributed by atoms with Gasteiger partial charge in [0.25, 0.3) is 0 Å². The van der Waals surface area contributed by atoms with Crippen LogP contribution in [0.3, 0.4) is 0 Å². The van der Waals surface area contributed by atoms with E-state index in [0.717, 1.165) is 19.4 Å². The molecule has 0 saturated heterocycles. The second kappa shape index (κ2) is 8.01. The minimum absolute atomic E-state index is 0.195. The summed E-state index contributed by atoms with van der Waals surface area (Å²) in [5.41, 5.74) is 0. The monoisotopic (exact) mass is 231 g/mol. The van der Waals surface area contributed by atoms with Crippen molar-refractivity contribution in [2.24, 2.45) is 0 Å². The van der Waals surface area contributed by atoms with Gasteiger partial charge in [-0.2, -0.15) is 0 Å². The zero-order valence-corrected chi connectivity index (χ0v) is 10.7. The molecule has 1 N–H and O–H groups in total. The molecule has 1 aliphatic rings. The van der Waals surface area contributed by atoms with Gasteiger partial charge in [-0.3, -0.25) is 0 Å². The van der Waals surface area contributed by atoms with Crippen molar-refractivity contribution in [2.45, 2.75) is 44.4 Å². The number of ether oxygens (including phenoxy) is 3. The van der Waals surface area contributed by atoms with Crippen LogP contribution in [0.1, 0.15) is 26.2 Å². The normalized spacial score (nSPS) is 29.1. The molecule has 0 radical (unpaired) electrons. The van der Waals surface area contributed by atoms with E-state index in [1.807, 2.05) is 7.05 Å². The van der Waals surface area contributed by atoms with Crippen LogP contribution in [0.15, 0.2) is 0 Å². The lowest BCUT2D eigenvalue weighted by molar-refractivity contribution is -0.139. The number of methoxy groups -OCH3 is 1. The molecule has 0 amide bonds. The predicted molar refractivity (Wildman–Crippen MR) is 63.7 cm³/mol. The van der Waals surface area contributed by atoms with E-state index >= 15 is 0 Å². The van der Waals surface area contributed by atoms with Crippen molar-refractivity contribution >= 4 is 0 Å². The first kappa shape index (κ1) is 13.9. The molecule has 4 heteroatoms. The maximum Gasteiger partial charge on any atom is 0.0986 e. The Morgan fingerprint density at radius 2 is 2.06 bits per heavy atom. The highest BCUT2D eigenvalue weighted by molar-refractivity contribution is 4.96. The molecule has 1 aliphatic carbocycles. The molecule has 0 heterocycles. The molecule has 4 nitrogen and oxygen atoms in total. The number of rotatable bonds is 9. The van der Waals surface area contributed by atoms with Crippen molar-refractivity contribution < 1.29 is 14.2 Å². The van der Waals surface area contributed by atoms with Gasteiger partial charge in [-0.1, -0.05) is 13.3 Å². The first-order valence-corrected chi connectivity index (χ1v) is 6.22. The van der Waals surface area contributed by atoms with Crippen LogP contribution in [0.25, 0.3) is 0 Å². The maximum atomic E-state index is 5.70. The zero-order chi connectivity index (χ0) is 11.8. The Morgan fingerprint density at radius 1 is 1.25 bits per heavy atom. The van der Waals surface area contributed by atoms with Crippen molar-refractivity contribution in [1.82, 2.24) is 5.32 Å². The van der Waals surface area contributed by atoms with Crippen LogP contribution < -0.4 is 5.32 Å².